The highest BCUT2D eigenvalue weighted by atomic mass is 16.5. The fourth-order valence-corrected chi connectivity index (χ4v) is 1.52. The number of hydrogen-bond acceptors (Lipinski definition) is 5. The first-order chi connectivity index (χ1) is 9.63. The van der Waals surface area contributed by atoms with Crippen molar-refractivity contribution in [3.05, 3.63) is 23.9 Å². The number of amides is 1. The van der Waals surface area contributed by atoms with E-state index in [-0.39, 0.29) is 18.6 Å². The Balaban J connectivity index is 2.38. The molecule has 0 aliphatic heterocycles. The Labute approximate surface area is 119 Å². The highest BCUT2D eigenvalue weighted by Crippen LogP contribution is 2.15. The predicted molar refractivity (Wildman–Crippen MR) is 74.9 cm³/mol. The molecule has 0 spiro atoms. The number of carbonyl (C=O) groups is 1. The SMILES string of the molecule is CC(C)Oc1ncccc1CNCC(=O)NCCC#N. The second-order valence-corrected chi connectivity index (χ2v) is 4.50. The number of ether oxygens (including phenoxy) is 1. The number of nitrogens with one attached hydrogen (secondary N) is 2. The van der Waals surface area contributed by atoms with E-state index in [2.05, 4.69) is 15.6 Å². The minimum Gasteiger partial charge on any atom is -0.475 e. The third kappa shape index (κ3) is 6.16. The van der Waals surface area contributed by atoms with Gasteiger partial charge in [-0.15, -0.1) is 0 Å². The van der Waals surface area contributed by atoms with E-state index in [1.54, 1.807) is 6.20 Å². The maximum atomic E-state index is 11.4. The molecule has 20 heavy (non-hydrogen) atoms. The molecule has 6 nitrogen and oxygen atoms in total. The van der Waals surface area contributed by atoms with Crippen molar-refractivity contribution in [2.75, 3.05) is 13.1 Å². The van der Waals surface area contributed by atoms with Crippen molar-refractivity contribution in [3.63, 3.8) is 0 Å². The largest absolute Gasteiger partial charge is 0.475 e. The van der Waals surface area contributed by atoms with Gasteiger partial charge in [0.15, 0.2) is 0 Å². The fourth-order valence-electron chi connectivity index (χ4n) is 1.52. The van der Waals surface area contributed by atoms with E-state index in [9.17, 15) is 4.79 Å². The molecular formula is C14H20N4O2. The third-order valence-electron chi connectivity index (χ3n) is 2.36. The van der Waals surface area contributed by atoms with Crippen LogP contribution in [-0.2, 0) is 11.3 Å². The third-order valence-corrected chi connectivity index (χ3v) is 2.36. The first-order valence-electron chi connectivity index (χ1n) is 6.58. The summed E-state index contributed by atoms with van der Waals surface area (Å²) < 4.78 is 5.59. The maximum Gasteiger partial charge on any atom is 0.234 e. The number of nitrogens with zero attached hydrogens (tertiary/aromatic N) is 2. The molecule has 0 bridgehead atoms. The van der Waals surface area contributed by atoms with Gasteiger partial charge in [0.25, 0.3) is 0 Å². The molecule has 0 aliphatic rings. The summed E-state index contributed by atoms with van der Waals surface area (Å²) in [5, 5.41) is 14.0. The van der Waals surface area contributed by atoms with Crippen LogP contribution in [0.2, 0.25) is 0 Å². The average Bonchev–Trinajstić information content (AvgIpc) is 2.40. The Morgan fingerprint density at radius 3 is 3.05 bits per heavy atom. The molecule has 2 N–H and O–H groups in total. The molecule has 6 heteroatoms. The van der Waals surface area contributed by atoms with Gasteiger partial charge < -0.3 is 15.4 Å². The van der Waals surface area contributed by atoms with Gasteiger partial charge in [-0.2, -0.15) is 5.26 Å². The molecule has 1 aromatic rings. The van der Waals surface area contributed by atoms with Crippen LogP contribution in [0.4, 0.5) is 0 Å². The van der Waals surface area contributed by atoms with Gasteiger partial charge in [0.2, 0.25) is 11.8 Å². The van der Waals surface area contributed by atoms with Crippen LogP contribution in [-0.4, -0.2) is 30.1 Å². The number of rotatable bonds is 8. The lowest BCUT2D eigenvalue weighted by Crippen LogP contribution is -2.34. The van der Waals surface area contributed by atoms with E-state index in [4.69, 9.17) is 10.00 Å². The molecule has 0 saturated heterocycles. The van der Waals surface area contributed by atoms with Crippen LogP contribution in [0.25, 0.3) is 0 Å². The summed E-state index contributed by atoms with van der Waals surface area (Å²) in [5.74, 6) is 0.454. The molecule has 0 radical (unpaired) electrons. The molecule has 0 atom stereocenters. The highest BCUT2D eigenvalue weighted by molar-refractivity contribution is 5.77. The van der Waals surface area contributed by atoms with Crippen molar-refractivity contribution in [3.8, 4) is 11.9 Å². The molecule has 0 aromatic carbocycles. The predicted octanol–water partition coefficient (Wildman–Crippen LogP) is 0.988. The summed E-state index contributed by atoms with van der Waals surface area (Å²) in [6.07, 6.45) is 2.05. The van der Waals surface area contributed by atoms with Crippen LogP contribution in [0.5, 0.6) is 5.88 Å². The van der Waals surface area contributed by atoms with E-state index in [1.807, 2.05) is 32.0 Å². The van der Waals surface area contributed by atoms with E-state index in [1.165, 1.54) is 0 Å². The number of nitriles is 1. The second kappa shape index (κ2) is 8.88. The lowest BCUT2D eigenvalue weighted by Gasteiger charge is -2.13. The molecule has 1 heterocycles. The van der Waals surface area contributed by atoms with E-state index in [0.717, 1.165) is 5.56 Å². The number of aromatic nitrogens is 1. The summed E-state index contributed by atoms with van der Waals surface area (Å²) in [4.78, 5) is 15.6. The minimum absolute atomic E-state index is 0.0536. The Kier molecular flexibility index (Phi) is 7.07. The normalized spacial score (nSPS) is 10.1. The fraction of sp³-hybridized carbons (Fsp3) is 0.500. The molecule has 1 amide bonds. The zero-order valence-electron chi connectivity index (χ0n) is 11.8. The van der Waals surface area contributed by atoms with Crippen LogP contribution < -0.4 is 15.4 Å². The minimum atomic E-state index is -0.129. The van der Waals surface area contributed by atoms with Gasteiger partial charge in [-0.3, -0.25) is 4.79 Å². The van der Waals surface area contributed by atoms with E-state index in [0.29, 0.717) is 25.4 Å². The first-order valence-corrected chi connectivity index (χ1v) is 6.58. The summed E-state index contributed by atoms with van der Waals surface area (Å²) in [7, 11) is 0. The first kappa shape index (κ1) is 15.9. The number of pyridine rings is 1. The van der Waals surface area contributed by atoms with Gasteiger partial charge >= 0.3 is 0 Å². The standard InChI is InChI=1S/C14H20N4O2/c1-11(2)20-14-12(5-3-7-18-14)9-16-10-13(19)17-8-4-6-15/h3,5,7,11,16H,4,8-10H2,1-2H3,(H,17,19). The van der Waals surface area contributed by atoms with Gasteiger partial charge in [-0.05, 0) is 19.9 Å². The van der Waals surface area contributed by atoms with E-state index < -0.39 is 0 Å². The van der Waals surface area contributed by atoms with Crippen LogP contribution in [0.15, 0.2) is 18.3 Å². The number of hydrogen-bond donors (Lipinski definition) is 2. The van der Waals surface area contributed by atoms with Crippen LogP contribution in [0.1, 0.15) is 25.8 Å². The lowest BCUT2D eigenvalue weighted by atomic mass is 10.2. The van der Waals surface area contributed by atoms with Crippen molar-refractivity contribution in [1.82, 2.24) is 15.6 Å². The molecule has 0 unspecified atom stereocenters. The Bertz CT molecular complexity index is 468. The molecular weight excluding hydrogens is 256 g/mol. The summed E-state index contributed by atoms with van der Waals surface area (Å²) in [6.45, 7) is 4.96. The van der Waals surface area contributed by atoms with Crippen LogP contribution >= 0.6 is 0 Å². The van der Waals surface area contributed by atoms with Crippen LogP contribution in [0, 0.1) is 11.3 Å². The summed E-state index contributed by atoms with van der Waals surface area (Å²) in [5.41, 5.74) is 0.908. The van der Waals surface area contributed by atoms with Gasteiger partial charge in [0, 0.05) is 24.8 Å². The van der Waals surface area contributed by atoms with Crippen molar-refractivity contribution < 1.29 is 9.53 Å². The Hall–Kier alpha value is -2.13. The van der Waals surface area contributed by atoms with E-state index >= 15 is 0 Å². The van der Waals surface area contributed by atoms with Crippen molar-refractivity contribution in [1.29, 1.82) is 5.26 Å². The molecule has 0 saturated carbocycles. The quantitative estimate of drug-likeness (QED) is 0.691. The molecule has 1 rings (SSSR count). The smallest absolute Gasteiger partial charge is 0.234 e. The van der Waals surface area contributed by atoms with Gasteiger partial charge in [-0.25, -0.2) is 4.98 Å². The monoisotopic (exact) mass is 276 g/mol. The van der Waals surface area contributed by atoms with Gasteiger partial charge in [0.1, 0.15) is 0 Å². The molecule has 0 aliphatic carbocycles. The Morgan fingerprint density at radius 2 is 2.35 bits per heavy atom. The summed E-state index contributed by atoms with van der Waals surface area (Å²) >= 11 is 0. The van der Waals surface area contributed by atoms with Crippen molar-refractivity contribution >= 4 is 5.91 Å². The van der Waals surface area contributed by atoms with Crippen molar-refractivity contribution in [2.45, 2.75) is 32.9 Å². The van der Waals surface area contributed by atoms with Gasteiger partial charge in [-0.1, -0.05) is 6.07 Å². The summed E-state index contributed by atoms with van der Waals surface area (Å²) in [6, 6.07) is 5.71. The maximum absolute atomic E-state index is 11.4. The second-order valence-electron chi connectivity index (χ2n) is 4.50. The zero-order valence-corrected chi connectivity index (χ0v) is 11.8. The lowest BCUT2D eigenvalue weighted by molar-refractivity contribution is -0.120. The van der Waals surface area contributed by atoms with Gasteiger partial charge in [0.05, 0.1) is 25.1 Å². The molecule has 0 fully saturated rings. The highest BCUT2D eigenvalue weighted by Gasteiger charge is 2.07. The average molecular weight is 276 g/mol. The Morgan fingerprint density at radius 1 is 1.55 bits per heavy atom. The topological polar surface area (TPSA) is 87.0 Å². The molecule has 1 aromatic heterocycles. The zero-order chi connectivity index (χ0) is 14.8. The van der Waals surface area contributed by atoms with Crippen LogP contribution in [0.3, 0.4) is 0 Å². The molecule has 108 valence electrons. The van der Waals surface area contributed by atoms with Crippen molar-refractivity contribution in [2.24, 2.45) is 0 Å². The number of carbonyl (C=O) groups excluding carboxylic acids is 1.